The summed E-state index contributed by atoms with van der Waals surface area (Å²) in [4.78, 5) is 35.6. The molecule has 3 heterocycles. The zero-order valence-corrected chi connectivity index (χ0v) is 19.0. The normalized spacial score (nSPS) is 11.2. The summed E-state index contributed by atoms with van der Waals surface area (Å²) in [6, 6.07) is 7.49. The standard InChI is InChI=1S/C21H18ClN3O3S2/c1-4-28-21(27)17-11(2)16-19(30-17)23-12(3)25(20(16)26)9-15-10-29-18(24-15)13-5-7-14(22)8-6-13/h5-8,10H,4,9H2,1-3H3. The first-order chi connectivity index (χ1) is 14.4. The van der Waals surface area contributed by atoms with Crippen molar-refractivity contribution in [1.82, 2.24) is 14.5 Å². The second-order valence-corrected chi connectivity index (χ2v) is 8.95. The van der Waals surface area contributed by atoms with Crippen molar-refractivity contribution in [2.24, 2.45) is 0 Å². The average Bonchev–Trinajstić information content (AvgIpc) is 3.30. The van der Waals surface area contributed by atoms with Crippen molar-refractivity contribution in [2.75, 3.05) is 6.61 Å². The predicted molar refractivity (Wildman–Crippen MR) is 121 cm³/mol. The molecule has 3 aromatic heterocycles. The van der Waals surface area contributed by atoms with Crippen LogP contribution in [0.5, 0.6) is 0 Å². The van der Waals surface area contributed by atoms with Crippen LogP contribution < -0.4 is 5.56 Å². The van der Waals surface area contributed by atoms with Gasteiger partial charge in [-0.25, -0.2) is 14.8 Å². The first-order valence-electron chi connectivity index (χ1n) is 9.27. The molecule has 0 fully saturated rings. The van der Waals surface area contributed by atoms with Crippen molar-refractivity contribution in [2.45, 2.75) is 27.3 Å². The van der Waals surface area contributed by atoms with Gasteiger partial charge in [0.15, 0.2) is 0 Å². The molecule has 0 aliphatic rings. The molecule has 154 valence electrons. The Labute approximate surface area is 185 Å². The molecular weight excluding hydrogens is 442 g/mol. The second kappa shape index (κ2) is 8.29. The van der Waals surface area contributed by atoms with Gasteiger partial charge in [0.25, 0.3) is 5.56 Å². The number of halogens is 1. The second-order valence-electron chi connectivity index (χ2n) is 6.66. The topological polar surface area (TPSA) is 74.1 Å². The maximum Gasteiger partial charge on any atom is 0.348 e. The summed E-state index contributed by atoms with van der Waals surface area (Å²) in [5.74, 6) is 0.152. The van der Waals surface area contributed by atoms with Crippen LogP contribution in [0.25, 0.3) is 20.8 Å². The molecule has 0 saturated heterocycles. The number of carbonyl (C=O) groups excluding carboxylic acids is 1. The Morgan fingerprint density at radius 1 is 1.20 bits per heavy atom. The van der Waals surface area contributed by atoms with E-state index in [1.165, 1.54) is 22.7 Å². The van der Waals surface area contributed by atoms with Gasteiger partial charge in [-0.1, -0.05) is 23.7 Å². The predicted octanol–water partition coefficient (Wildman–Crippen LogP) is 5.08. The summed E-state index contributed by atoms with van der Waals surface area (Å²) in [6.45, 7) is 5.88. The zero-order valence-electron chi connectivity index (χ0n) is 16.6. The molecule has 0 saturated carbocycles. The monoisotopic (exact) mass is 459 g/mol. The molecule has 0 amide bonds. The number of benzene rings is 1. The number of hydrogen-bond donors (Lipinski definition) is 0. The van der Waals surface area contributed by atoms with Gasteiger partial charge in [0, 0.05) is 16.0 Å². The van der Waals surface area contributed by atoms with Crippen LogP contribution in [0.4, 0.5) is 0 Å². The highest BCUT2D eigenvalue weighted by molar-refractivity contribution is 7.20. The molecule has 6 nitrogen and oxygen atoms in total. The van der Waals surface area contributed by atoms with Gasteiger partial charge in [0.1, 0.15) is 20.5 Å². The SMILES string of the molecule is CCOC(=O)c1sc2nc(C)n(Cc3csc(-c4ccc(Cl)cc4)n3)c(=O)c2c1C. The lowest BCUT2D eigenvalue weighted by atomic mass is 10.2. The molecule has 4 rings (SSSR count). The average molecular weight is 460 g/mol. The van der Waals surface area contributed by atoms with Gasteiger partial charge in [-0.15, -0.1) is 22.7 Å². The molecule has 1 aromatic carbocycles. The third-order valence-corrected chi connectivity index (χ3v) is 7.02. The van der Waals surface area contributed by atoms with Crippen molar-refractivity contribution < 1.29 is 9.53 Å². The van der Waals surface area contributed by atoms with E-state index in [0.29, 0.717) is 38.0 Å². The Morgan fingerprint density at radius 2 is 1.93 bits per heavy atom. The maximum absolute atomic E-state index is 13.2. The number of aryl methyl sites for hydroxylation is 2. The van der Waals surface area contributed by atoms with Crippen LogP contribution in [0.3, 0.4) is 0 Å². The van der Waals surface area contributed by atoms with Crippen molar-refractivity contribution in [1.29, 1.82) is 0 Å². The molecule has 0 atom stereocenters. The Bertz CT molecular complexity index is 1310. The molecule has 30 heavy (non-hydrogen) atoms. The lowest BCUT2D eigenvalue weighted by Crippen LogP contribution is -2.24. The van der Waals surface area contributed by atoms with Gasteiger partial charge in [-0.05, 0) is 38.5 Å². The van der Waals surface area contributed by atoms with E-state index < -0.39 is 5.97 Å². The van der Waals surface area contributed by atoms with Gasteiger partial charge in [0.05, 0.1) is 24.2 Å². The van der Waals surface area contributed by atoms with E-state index in [0.717, 1.165) is 16.3 Å². The van der Waals surface area contributed by atoms with Crippen LogP contribution in [0.2, 0.25) is 5.02 Å². The molecule has 0 aliphatic carbocycles. The van der Waals surface area contributed by atoms with Crippen LogP contribution in [-0.4, -0.2) is 27.1 Å². The fraction of sp³-hybridized carbons (Fsp3) is 0.238. The number of aromatic nitrogens is 3. The van der Waals surface area contributed by atoms with Gasteiger partial charge in [-0.2, -0.15) is 0 Å². The Morgan fingerprint density at radius 3 is 2.63 bits per heavy atom. The van der Waals surface area contributed by atoms with Gasteiger partial charge in [-0.3, -0.25) is 9.36 Å². The summed E-state index contributed by atoms with van der Waals surface area (Å²) in [6.07, 6.45) is 0. The van der Waals surface area contributed by atoms with Gasteiger partial charge >= 0.3 is 5.97 Å². The fourth-order valence-corrected chi connectivity index (χ4v) is 5.22. The summed E-state index contributed by atoms with van der Waals surface area (Å²) in [5.41, 5.74) is 2.18. The highest BCUT2D eigenvalue weighted by Crippen LogP contribution is 2.29. The molecule has 0 spiro atoms. The highest BCUT2D eigenvalue weighted by Gasteiger charge is 2.21. The van der Waals surface area contributed by atoms with E-state index in [-0.39, 0.29) is 12.2 Å². The number of carbonyl (C=O) groups is 1. The minimum absolute atomic E-state index is 0.178. The quantitative estimate of drug-likeness (QED) is 0.389. The van der Waals surface area contributed by atoms with E-state index in [2.05, 4.69) is 9.97 Å². The molecular formula is C21H18ClN3O3S2. The number of esters is 1. The van der Waals surface area contributed by atoms with Gasteiger partial charge in [0.2, 0.25) is 0 Å². The minimum atomic E-state index is -0.422. The number of thiazole rings is 1. The van der Waals surface area contributed by atoms with Crippen molar-refractivity contribution in [3.63, 3.8) is 0 Å². The summed E-state index contributed by atoms with van der Waals surface area (Å²) >= 11 is 8.66. The number of nitrogens with zero attached hydrogens (tertiary/aromatic N) is 3. The van der Waals surface area contributed by atoms with Crippen LogP contribution in [0.15, 0.2) is 34.4 Å². The third kappa shape index (κ3) is 3.78. The maximum atomic E-state index is 13.2. The molecule has 9 heteroatoms. The summed E-state index contributed by atoms with van der Waals surface area (Å²) < 4.78 is 6.70. The van der Waals surface area contributed by atoms with Crippen LogP contribution >= 0.6 is 34.3 Å². The van der Waals surface area contributed by atoms with E-state index in [9.17, 15) is 9.59 Å². The third-order valence-electron chi connectivity index (χ3n) is 4.67. The van der Waals surface area contributed by atoms with Crippen molar-refractivity contribution >= 4 is 50.5 Å². The zero-order chi connectivity index (χ0) is 21.4. The first kappa shape index (κ1) is 20.7. The minimum Gasteiger partial charge on any atom is -0.462 e. The lowest BCUT2D eigenvalue weighted by Gasteiger charge is -2.08. The fourth-order valence-electron chi connectivity index (χ4n) is 3.16. The summed E-state index contributed by atoms with van der Waals surface area (Å²) in [7, 11) is 0. The first-order valence-corrected chi connectivity index (χ1v) is 11.3. The Balaban J connectivity index is 1.71. The van der Waals surface area contributed by atoms with E-state index in [1.807, 2.05) is 29.6 Å². The number of thiophene rings is 1. The van der Waals surface area contributed by atoms with Gasteiger partial charge < -0.3 is 4.74 Å². The molecule has 0 radical (unpaired) electrons. The van der Waals surface area contributed by atoms with Crippen molar-refractivity contribution in [3.8, 4) is 10.6 Å². The molecule has 0 unspecified atom stereocenters. The van der Waals surface area contributed by atoms with E-state index in [4.69, 9.17) is 16.3 Å². The van der Waals surface area contributed by atoms with Crippen LogP contribution in [0, 0.1) is 13.8 Å². The van der Waals surface area contributed by atoms with Crippen LogP contribution in [-0.2, 0) is 11.3 Å². The number of rotatable bonds is 5. The Kier molecular flexibility index (Phi) is 5.73. The van der Waals surface area contributed by atoms with E-state index in [1.54, 1.807) is 25.3 Å². The van der Waals surface area contributed by atoms with Crippen LogP contribution in [0.1, 0.15) is 33.7 Å². The number of hydrogen-bond acceptors (Lipinski definition) is 7. The molecule has 0 N–H and O–H groups in total. The smallest absolute Gasteiger partial charge is 0.348 e. The highest BCUT2D eigenvalue weighted by atomic mass is 35.5. The molecule has 0 aliphatic heterocycles. The van der Waals surface area contributed by atoms with E-state index >= 15 is 0 Å². The number of ether oxygens (including phenoxy) is 1. The largest absolute Gasteiger partial charge is 0.462 e. The molecule has 4 aromatic rings. The molecule has 0 bridgehead atoms. The Hall–Kier alpha value is -2.55. The summed E-state index contributed by atoms with van der Waals surface area (Å²) in [5, 5.41) is 3.93. The number of fused-ring (bicyclic) bond motifs is 1. The lowest BCUT2D eigenvalue weighted by molar-refractivity contribution is 0.0531. The van der Waals surface area contributed by atoms with Crippen molar-refractivity contribution in [3.05, 3.63) is 67.0 Å².